The van der Waals surface area contributed by atoms with E-state index >= 15 is 0 Å². The third-order valence-corrected chi connectivity index (χ3v) is 4.55. The van der Waals surface area contributed by atoms with E-state index in [9.17, 15) is 0 Å². The number of hydrogen-bond acceptors (Lipinski definition) is 4. The summed E-state index contributed by atoms with van der Waals surface area (Å²) < 4.78 is 1.74. The second kappa shape index (κ2) is 4.95. The highest BCUT2D eigenvalue weighted by Gasteiger charge is 2.23. The van der Waals surface area contributed by atoms with Crippen LogP contribution in [0.2, 0.25) is 5.02 Å². The molecule has 0 bridgehead atoms. The zero-order chi connectivity index (χ0) is 15.3. The van der Waals surface area contributed by atoms with Crippen LogP contribution < -0.4 is 5.32 Å². The van der Waals surface area contributed by atoms with Gasteiger partial charge in [-0.1, -0.05) is 17.7 Å². The summed E-state index contributed by atoms with van der Waals surface area (Å²) in [7, 11) is 0. The van der Waals surface area contributed by atoms with Crippen LogP contribution in [-0.4, -0.2) is 25.6 Å². The number of anilines is 1. The van der Waals surface area contributed by atoms with Crippen molar-refractivity contribution in [1.82, 2.24) is 19.6 Å². The van der Waals surface area contributed by atoms with Crippen LogP contribution in [0.1, 0.15) is 22.4 Å². The largest absolute Gasteiger partial charge is 0.366 e. The van der Waals surface area contributed by atoms with Crippen molar-refractivity contribution < 1.29 is 0 Å². The van der Waals surface area contributed by atoms with E-state index in [0.29, 0.717) is 11.8 Å². The molecule has 0 saturated carbocycles. The number of nitrogens with one attached hydrogen (secondary N) is 1. The number of hydrogen-bond donors (Lipinski definition) is 1. The molecule has 1 aliphatic carbocycles. The summed E-state index contributed by atoms with van der Waals surface area (Å²) in [5, 5.41) is 8.66. The maximum atomic E-state index is 6.23. The molecule has 1 atom stereocenters. The Kier molecular flexibility index (Phi) is 3.04. The molecule has 1 aromatic carbocycles. The van der Waals surface area contributed by atoms with Gasteiger partial charge in [0.1, 0.15) is 12.1 Å². The smallest absolute Gasteiger partial charge is 0.254 e. The average molecular weight is 314 g/mol. The van der Waals surface area contributed by atoms with Gasteiger partial charge in [-0.3, -0.25) is 0 Å². The summed E-state index contributed by atoms with van der Waals surface area (Å²) in [6.45, 7) is 4.01. The van der Waals surface area contributed by atoms with Gasteiger partial charge in [-0.05, 0) is 49.4 Å². The molecule has 0 aliphatic heterocycles. The molecule has 0 saturated heterocycles. The Bertz CT molecular complexity index is 839. The van der Waals surface area contributed by atoms with E-state index in [2.05, 4.69) is 39.4 Å². The second-order valence-electron chi connectivity index (χ2n) is 5.87. The zero-order valence-corrected chi connectivity index (χ0v) is 13.2. The van der Waals surface area contributed by atoms with Gasteiger partial charge in [-0.15, -0.1) is 0 Å². The fourth-order valence-electron chi connectivity index (χ4n) is 3.11. The van der Waals surface area contributed by atoms with Crippen LogP contribution >= 0.6 is 11.6 Å². The molecule has 112 valence electrons. The lowest BCUT2D eigenvalue weighted by molar-refractivity contribution is 0.756. The van der Waals surface area contributed by atoms with Crippen LogP contribution in [0, 0.1) is 13.8 Å². The Hall–Kier alpha value is -2.14. The van der Waals surface area contributed by atoms with Gasteiger partial charge >= 0.3 is 0 Å². The number of rotatable bonds is 2. The maximum Gasteiger partial charge on any atom is 0.254 e. The van der Waals surface area contributed by atoms with Gasteiger partial charge in [0.2, 0.25) is 0 Å². The molecule has 5 nitrogen and oxygen atoms in total. The number of benzene rings is 1. The van der Waals surface area contributed by atoms with E-state index in [0.717, 1.165) is 34.9 Å². The Balaban J connectivity index is 1.63. The highest BCUT2D eigenvalue weighted by molar-refractivity contribution is 6.31. The molecular weight excluding hydrogens is 298 g/mol. The van der Waals surface area contributed by atoms with E-state index in [1.807, 2.05) is 13.0 Å². The topological polar surface area (TPSA) is 55.1 Å². The van der Waals surface area contributed by atoms with Crippen molar-refractivity contribution in [2.45, 2.75) is 32.7 Å². The summed E-state index contributed by atoms with van der Waals surface area (Å²) >= 11 is 6.23. The Morgan fingerprint density at radius 3 is 2.77 bits per heavy atom. The van der Waals surface area contributed by atoms with Crippen LogP contribution in [0.15, 0.2) is 24.5 Å². The lowest BCUT2D eigenvalue weighted by Gasteiger charge is -2.14. The van der Waals surface area contributed by atoms with Gasteiger partial charge in [-0.25, -0.2) is 4.98 Å². The predicted molar refractivity (Wildman–Crippen MR) is 86.5 cm³/mol. The van der Waals surface area contributed by atoms with E-state index in [1.165, 1.54) is 17.5 Å². The normalized spacial score (nSPS) is 17.0. The lowest BCUT2D eigenvalue weighted by Crippen LogP contribution is -2.21. The summed E-state index contributed by atoms with van der Waals surface area (Å²) in [4.78, 5) is 8.53. The van der Waals surface area contributed by atoms with Crippen molar-refractivity contribution >= 4 is 23.2 Å². The molecule has 0 radical (unpaired) electrons. The summed E-state index contributed by atoms with van der Waals surface area (Å²) in [6.07, 6.45) is 3.48. The van der Waals surface area contributed by atoms with Crippen molar-refractivity contribution in [2.24, 2.45) is 0 Å². The van der Waals surface area contributed by atoms with Crippen LogP contribution in [0.5, 0.6) is 0 Å². The molecule has 1 N–H and O–H groups in total. The van der Waals surface area contributed by atoms with Crippen molar-refractivity contribution in [3.05, 3.63) is 51.9 Å². The Morgan fingerprint density at radius 1 is 1.18 bits per heavy atom. The van der Waals surface area contributed by atoms with Gasteiger partial charge in [0.05, 0.1) is 0 Å². The average Bonchev–Trinajstić information content (AvgIpc) is 3.05. The minimum atomic E-state index is 0.335. The van der Waals surface area contributed by atoms with Gasteiger partial charge in [0.15, 0.2) is 0 Å². The highest BCUT2D eigenvalue weighted by Crippen LogP contribution is 2.29. The summed E-state index contributed by atoms with van der Waals surface area (Å²) in [5.41, 5.74) is 4.77. The molecule has 1 aliphatic rings. The molecule has 0 amide bonds. The number of aryl methyl sites for hydroxylation is 2. The van der Waals surface area contributed by atoms with Crippen molar-refractivity contribution in [1.29, 1.82) is 0 Å². The number of aromatic nitrogens is 4. The minimum Gasteiger partial charge on any atom is -0.366 e. The van der Waals surface area contributed by atoms with Crippen LogP contribution in [0.25, 0.3) is 5.78 Å². The van der Waals surface area contributed by atoms with E-state index in [1.54, 1.807) is 4.52 Å². The minimum absolute atomic E-state index is 0.335. The van der Waals surface area contributed by atoms with Crippen molar-refractivity contribution in [3.8, 4) is 0 Å². The molecule has 0 fully saturated rings. The van der Waals surface area contributed by atoms with Gasteiger partial charge in [0.25, 0.3) is 5.78 Å². The van der Waals surface area contributed by atoms with Gasteiger partial charge < -0.3 is 5.32 Å². The maximum absolute atomic E-state index is 6.23. The summed E-state index contributed by atoms with van der Waals surface area (Å²) in [5.74, 6) is 1.55. The lowest BCUT2D eigenvalue weighted by atomic mass is 10.1. The third kappa shape index (κ3) is 2.22. The van der Waals surface area contributed by atoms with E-state index in [-0.39, 0.29) is 0 Å². The third-order valence-electron chi connectivity index (χ3n) is 4.15. The standard InChI is InChI=1S/C16H16ClN5/c1-9-3-11-5-13(6-12(11)7-14(9)17)21-15-4-10(2)20-16-18-8-19-22(15)16/h3-4,7-8,13,21H,5-6H2,1-2H3. The Labute approximate surface area is 133 Å². The fourth-order valence-corrected chi connectivity index (χ4v) is 3.30. The molecule has 3 aromatic rings. The van der Waals surface area contributed by atoms with Crippen LogP contribution in [-0.2, 0) is 12.8 Å². The van der Waals surface area contributed by atoms with E-state index in [4.69, 9.17) is 11.6 Å². The first-order valence-corrected chi connectivity index (χ1v) is 7.70. The highest BCUT2D eigenvalue weighted by atomic mass is 35.5. The molecule has 22 heavy (non-hydrogen) atoms. The zero-order valence-electron chi connectivity index (χ0n) is 12.5. The number of halogens is 1. The molecule has 6 heteroatoms. The summed E-state index contributed by atoms with van der Waals surface area (Å²) in [6, 6.07) is 6.63. The number of nitrogens with zero attached hydrogens (tertiary/aromatic N) is 4. The first kappa shape index (κ1) is 13.5. The molecule has 2 aromatic heterocycles. The predicted octanol–water partition coefficient (Wildman–Crippen LogP) is 2.97. The number of fused-ring (bicyclic) bond motifs is 2. The first-order valence-electron chi connectivity index (χ1n) is 7.32. The molecule has 2 heterocycles. The van der Waals surface area contributed by atoms with Crippen LogP contribution in [0.4, 0.5) is 5.82 Å². The van der Waals surface area contributed by atoms with Crippen molar-refractivity contribution in [3.63, 3.8) is 0 Å². The fraction of sp³-hybridized carbons (Fsp3) is 0.312. The SMILES string of the molecule is Cc1cc(NC2Cc3cc(C)c(Cl)cc3C2)n2ncnc2n1. The van der Waals surface area contributed by atoms with Crippen molar-refractivity contribution in [2.75, 3.05) is 5.32 Å². The molecule has 0 spiro atoms. The van der Waals surface area contributed by atoms with Gasteiger partial charge in [-0.2, -0.15) is 14.6 Å². The molecular formula is C16H16ClN5. The quantitative estimate of drug-likeness (QED) is 0.790. The molecule has 1 unspecified atom stereocenters. The Morgan fingerprint density at radius 2 is 1.95 bits per heavy atom. The second-order valence-corrected chi connectivity index (χ2v) is 6.28. The molecule has 4 rings (SSSR count). The van der Waals surface area contributed by atoms with E-state index < -0.39 is 0 Å². The van der Waals surface area contributed by atoms with Gasteiger partial charge in [0, 0.05) is 22.8 Å². The first-order chi connectivity index (χ1) is 10.6. The monoisotopic (exact) mass is 313 g/mol. The van der Waals surface area contributed by atoms with Crippen LogP contribution in [0.3, 0.4) is 0 Å².